The summed E-state index contributed by atoms with van der Waals surface area (Å²) >= 11 is 0. The van der Waals surface area contributed by atoms with Crippen molar-refractivity contribution >= 4 is 29.5 Å². The molecule has 1 amide bonds. The van der Waals surface area contributed by atoms with Crippen molar-refractivity contribution < 1.29 is 56.5 Å². The minimum Gasteiger partial charge on any atom is -0.462 e. The molecule has 4 heterocycles. The molecule has 0 aromatic carbocycles. The number of hydrogen-bond acceptors (Lipinski definition) is 15. The molecule has 0 radical (unpaired) electrons. The average Bonchev–Trinajstić information content (AvgIpc) is 4.03. The predicted octanol–water partition coefficient (Wildman–Crippen LogP) is 7.62. The number of methoxy groups -OCH3 is 3. The second kappa shape index (κ2) is 24.2. The standard InChI is InChI=1S/C46H66N4O12/c1-27(17-18-38(54)30(4)44(58-10)28(2)19-20-50(7)32(6)51)40(57-9)23-41-31(5)39(56-8)15-12-16-42-47-36(25-59-42)45-49-37(26-61-45)46-48-35(24-60-46)29(3)21-33(52)13-11-14-34(53)22-43(55)62-41/h12,16,19-20,24-31,34,39-41,44,53H,11,13-15,17-18,21-23H2,1-10H3. The molecular formula is C46H66N4O12. The Bertz CT molecular complexity index is 1950. The summed E-state index contributed by atoms with van der Waals surface area (Å²) in [5.41, 5.74) is 1.33. The Kier molecular flexibility index (Phi) is 19.5. The molecule has 1 N–H and O–H groups in total. The van der Waals surface area contributed by atoms with Crippen LogP contribution in [0.15, 0.2) is 50.4 Å². The van der Waals surface area contributed by atoms with Crippen LogP contribution in [0.4, 0.5) is 0 Å². The van der Waals surface area contributed by atoms with Crippen LogP contribution < -0.4 is 0 Å². The smallest absolute Gasteiger partial charge is 0.308 e. The lowest BCUT2D eigenvalue weighted by molar-refractivity contribution is -0.160. The van der Waals surface area contributed by atoms with Crippen molar-refractivity contribution in [3.8, 4) is 23.2 Å². The van der Waals surface area contributed by atoms with Crippen molar-refractivity contribution in [2.45, 2.75) is 136 Å². The molecule has 1 aliphatic heterocycles. The Morgan fingerprint density at radius 3 is 2.35 bits per heavy atom. The summed E-state index contributed by atoms with van der Waals surface area (Å²) in [7, 11) is 6.44. The van der Waals surface area contributed by atoms with Crippen LogP contribution in [0.2, 0.25) is 0 Å². The van der Waals surface area contributed by atoms with E-state index in [0.29, 0.717) is 48.7 Å². The van der Waals surface area contributed by atoms with Gasteiger partial charge in [-0.05, 0) is 37.7 Å². The van der Waals surface area contributed by atoms with Gasteiger partial charge in [-0.3, -0.25) is 19.2 Å². The molecule has 0 saturated heterocycles. The van der Waals surface area contributed by atoms with E-state index in [-0.39, 0.29) is 91.1 Å². The van der Waals surface area contributed by atoms with Crippen molar-refractivity contribution in [1.82, 2.24) is 19.9 Å². The summed E-state index contributed by atoms with van der Waals surface area (Å²) < 4.78 is 40.8. The van der Waals surface area contributed by atoms with Gasteiger partial charge in [-0.15, -0.1) is 0 Å². The maximum atomic E-state index is 13.5. The van der Waals surface area contributed by atoms with Crippen LogP contribution in [0.3, 0.4) is 0 Å². The second-order valence-electron chi connectivity index (χ2n) is 16.7. The first-order valence-electron chi connectivity index (χ1n) is 21.5. The highest BCUT2D eigenvalue weighted by Gasteiger charge is 2.34. The number of aliphatic hydroxyl groups is 1. The number of carbonyl (C=O) groups is 4. The number of oxazole rings is 3. The number of rotatable bonds is 14. The topological polar surface area (TPSA) is 207 Å². The van der Waals surface area contributed by atoms with E-state index < -0.39 is 36.3 Å². The molecule has 0 aliphatic carbocycles. The van der Waals surface area contributed by atoms with E-state index in [1.807, 2.05) is 46.8 Å². The van der Waals surface area contributed by atoms with E-state index >= 15 is 0 Å². The number of cyclic esters (lactones) is 1. The van der Waals surface area contributed by atoms with Crippen molar-refractivity contribution in [3.05, 3.63) is 48.7 Å². The minimum absolute atomic E-state index is 0.00342. The van der Waals surface area contributed by atoms with Crippen LogP contribution in [0.5, 0.6) is 0 Å². The first-order valence-corrected chi connectivity index (χ1v) is 21.5. The molecule has 1 aliphatic rings. The molecule has 3 aromatic heterocycles. The fourth-order valence-electron chi connectivity index (χ4n) is 7.72. The normalized spacial score (nSPS) is 23.4. The molecule has 0 saturated carbocycles. The highest BCUT2D eigenvalue weighted by molar-refractivity contribution is 5.81. The number of esters is 1. The lowest BCUT2D eigenvalue weighted by Gasteiger charge is -2.34. The zero-order valence-electron chi connectivity index (χ0n) is 37.9. The second-order valence-corrected chi connectivity index (χ2v) is 16.7. The van der Waals surface area contributed by atoms with Gasteiger partial charge in [-0.25, -0.2) is 15.0 Å². The third kappa shape index (κ3) is 14.4. The predicted molar refractivity (Wildman–Crippen MR) is 229 cm³/mol. The number of Topliss-reactive ketones (excluding diaryl/α,β-unsaturated/α-hetero) is 2. The Hall–Kier alpha value is -4.77. The SMILES string of the molecule is COC(CC1OC(=O)CC(O)CCCC(=O)CC(C)c2coc(n2)-c2coc(n2)-c2coc(n2)C=CCC(OC)C1C)C(C)CCC(=O)C(C)C(OC)C(C)C=CN(C)C(C)=O. The van der Waals surface area contributed by atoms with E-state index in [1.165, 1.54) is 30.6 Å². The van der Waals surface area contributed by atoms with E-state index in [0.717, 1.165) is 0 Å². The van der Waals surface area contributed by atoms with Crippen LogP contribution >= 0.6 is 0 Å². The summed E-state index contributed by atoms with van der Waals surface area (Å²) in [5.74, 6) is -1.07. The lowest BCUT2D eigenvalue weighted by Crippen LogP contribution is -2.39. The summed E-state index contributed by atoms with van der Waals surface area (Å²) in [5, 5.41) is 10.9. The van der Waals surface area contributed by atoms with Gasteiger partial charge in [0.05, 0.1) is 36.5 Å². The number of amides is 1. The first-order chi connectivity index (χ1) is 29.5. The maximum Gasteiger partial charge on any atom is 0.308 e. The fourth-order valence-corrected chi connectivity index (χ4v) is 7.72. The molecule has 62 heavy (non-hydrogen) atoms. The van der Waals surface area contributed by atoms with Gasteiger partial charge in [0.15, 0.2) is 11.4 Å². The molecule has 3 aromatic rings. The third-order valence-electron chi connectivity index (χ3n) is 12.0. The summed E-state index contributed by atoms with van der Waals surface area (Å²) in [6.07, 6.45) is 10.9. The van der Waals surface area contributed by atoms with Crippen LogP contribution in [0, 0.1) is 23.7 Å². The first kappa shape index (κ1) is 49.9. The van der Waals surface area contributed by atoms with Crippen LogP contribution in [-0.2, 0) is 38.1 Å². The van der Waals surface area contributed by atoms with Gasteiger partial charge in [-0.2, -0.15) is 0 Å². The monoisotopic (exact) mass is 866 g/mol. The number of hydrogen-bond donors (Lipinski definition) is 1. The Labute approximate surface area is 364 Å². The van der Waals surface area contributed by atoms with E-state index in [1.54, 1.807) is 40.7 Å². The summed E-state index contributed by atoms with van der Waals surface area (Å²) in [4.78, 5) is 66.5. The highest BCUT2D eigenvalue weighted by atomic mass is 16.6. The zero-order valence-corrected chi connectivity index (χ0v) is 37.9. The number of nitrogens with zero attached hydrogens (tertiary/aromatic N) is 4. The Morgan fingerprint density at radius 2 is 1.66 bits per heavy atom. The van der Waals surface area contributed by atoms with Gasteiger partial charge in [0.1, 0.15) is 36.5 Å². The Morgan fingerprint density at radius 1 is 0.968 bits per heavy atom. The van der Waals surface area contributed by atoms with Crippen LogP contribution in [0.25, 0.3) is 29.2 Å². The highest BCUT2D eigenvalue weighted by Crippen LogP contribution is 2.31. The molecule has 10 unspecified atom stereocenters. The molecule has 0 spiro atoms. The average molecular weight is 867 g/mol. The molecular weight excluding hydrogens is 801 g/mol. The van der Waals surface area contributed by atoms with Gasteiger partial charge in [0, 0.05) is 90.9 Å². The van der Waals surface area contributed by atoms with Crippen molar-refractivity contribution in [2.75, 3.05) is 28.4 Å². The van der Waals surface area contributed by atoms with E-state index in [9.17, 15) is 24.3 Å². The molecule has 342 valence electrons. The minimum atomic E-state index is -1.01. The molecule has 10 atom stereocenters. The number of ether oxygens (including phenoxy) is 4. The summed E-state index contributed by atoms with van der Waals surface area (Å²) in [6.45, 7) is 11.1. The van der Waals surface area contributed by atoms with Gasteiger partial charge >= 0.3 is 5.97 Å². The summed E-state index contributed by atoms with van der Waals surface area (Å²) in [6, 6.07) is 0. The van der Waals surface area contributed by atoms with Crippen molar-refractivity contribution in [1.29, 1.82) is 0 Å². The van der Waals surface area contributed by atoms with Crippen molar-refractivity contribution in [2.24, 2.45) is 23.7 Å². The lowest BCUT2D eigenvalue weighted by atomic mass is 9.84. The van der Waals surface area contributed by atoms with Gasteiger partial charge < -0.3 is 42.2 Å². The number of fused-ring (bicyclic) bond motifs is 8. The molecule has 16 nitrogen and oxygen atoms in total. The number of aromatic nitrogens is 3. The third-order valence-corrected chi connectivity index (χ3v) is 12.0. The largest absolute Gasteiger partial charge is 0.462 e. The number of carbonyl (C=O) groups excluding carboxylic acids is 4. The quantitative estimate of drug-likeness (QED) is 0.155. The van der Waals surface area contributed by atoms with E-state index in [2.05, 4.69) is 15.0 Å². The number of aliphatic hydroxyl groups excluding tert-OH is 1. The van der Waals surface area contributed by atoms with Crippen LogP contribution in [0.1, 0.15) is 117 Å². The molecule has 6 bridgehead atoms. The van der Waals surface area contributed by atoms with Gasteiger partial charge in [0.25, 0.3) is 0 Å². The molecule has 16 heteroatoms. The van der Waals surface area contributed by atoms with Crippen molar-refractivity contribution in [3.63, 3.8) is 0 Å². The van der Waals surface area contributed by atoms with E-state index in [4.69, 9.17) is 32.2 Å². The zero-order chi connectivity index (χ0) is 45.5. The number of ketones is 2. The van der Waals surface area contributed by atoms with Gasteiger partial charge in [-0.1, -0.05) is 46.8 Å². The Balaban J connectivity index is 1.50. The van der Waals surface area contributed by atoms with Gasteiger partial charge in [0.2, 0.25) is 23.6 Å². The molecule has 0 fully saturated rings. The molecule has 4 rings (SSSR count). The maximum absolute atomic E-state index is 13.5. The fraction of sp³-hybridized carbons (Fsp3) is 0.630. The van der Waals surface area contributed by atoms with Crippen LogP contribution in [-0.4, -0.2) is 107 Å².